The minimum absolute atomic E-state index is 0.395. The molecule has 0 fully saturated rings. The van der Waals surface area contributed by atoms with E-state index in [0.29, 0.717) is 11.8 Å². The quantitative estimate of drug-likeness (QED) is 0.757. The lowest BCUT2D eigenvalue weighted by molar-refractivity contribution is 0.456. The van der Waals surface area contributed by atoms with Crippen LogP contribution < -0.4 is 4.74 Å². The zero-order valence-corrected chi connectivity index (χ0v) is 10.4. The molecule has 1 heterocycles. The first-order valence-electron chi connectivity index (χ1n) is 5.61. The number of pyridine rings is 1. The Morgan fingerprint density at radius 2 is 1.94 bits per heavy atom. The molecule has 0 spiro atoms. The standard InChI is InChI=1S/C14H14ClNO/c1-2-11-6-3-4-8-13(11)17-14-9-5-7-12(10-15)16-14/h3-9H,2,10H2,1H3. The molecule has 0 atom stereocenters. The van der Waals surface area contributed by atoms with Gasteiger partial charge < -0.3 is 4.74 Å². The van der Waals surface area contributed by atoms with Crippen molar-refractivity contribution >= 4 is 11.6 Å². The first-order chi connectivity index (χ1) is 8.33. The molecule has 0 amide bonds. The van der Waals surface area contributed by atoms with Crippen molar-refractivity contribution in [1.29, 1.82) is 0 Å². The highest BCUT2D eigenvalue weighted by Crippen LogP contribution is 2.24. The third-order valence-corrected chi connectivity index (χ3v) is 2.76. The molecule has 2 nitrogen and oxygen atoms in total. The van der Waals surface area contributed by atoms with Crippen molar-refractivity contribution in [2.75, 3.05) is 0 Å². The summed E-state index contributed by atoms with van der Waals surface area (Å²) in [6, 6.07) is 13.6. The highest BCUT2D eigenvalue weighted by atomic mass is 35.5. The third kappa shape index (κ3) is 2.98. The molecule has 0 N–H and O–H groups in total. The number of nitrogens with zero attached hydrogens (tertiary/aromatic N) is 1. The van der Waals surface area contributed by atoms with Gasteiger partial charge in [0, 0.05) is 6.07 Å². The molecule has 1 aromatic heterocycles. The highest BCUT2D eigenvalue weighted by Gasteiger charge is 2.03. The summed E-state index contributed by atoms with van der Waals surface area (Å²) in [5.41, 5.74) is 1.99. The minimum atomic E-state index is 0.395. The molecule has 0 unspecified atom stereocenters. The number of aromatic nitrogens is 1. The van der Waals surface area contributed by atoms with Crippen LogP contribution in [0.25, 0.3) is 0 Å². The van der Waals surface area contributed by atoms with E-state index in [9.17, 15) is 0 Å². The minimum Gasteiger partial charge on any atom is -0.439 e. The van der Waals surface area contributed by atoms with Crippen LogP contribution in [0.5, 0.6) is 11.6 Å². The van der Waals surface area contributed by atoms with Gasteiger partial charge in [-0.15, -0.1) is 11.6 Å². The Balaban J connectivity index is 2.24. The molecule has 2 aromatic rings. The van der Waals surface area contributed by atoms with Gasteiger partial charge in [0.05, 0.1) is 11.6 Å². The lowest BCUT2D eigenvalue weighted by Gasteiger charge is -2.09. The molecule has 0 saturated heterocycles. The van der Waals surface area contributed by atoms with E-state index in [1.54, 1.807) is 0 Å². The van der Waals surface area contributed by atoms with E-state index >= 15 is 0 Å². The molecule has 88 valence electrons. The second kappa shape index (κ2) is 5.69. The lowest BCUT2D eigenvalue weighted by Crippen LogP contribution is -1.93. The fourth-order valence-corrected chi connectivity index (χ4v) is 1.75. The fraction of sp³-hybridized carbons (Fsp3) is 0.214. The first kappa shape index (κ1) is 11.9. The molecule has 0 radical (unpaired) electrons. The van der Waals surface area contributed by atoms with Crippen LogP contribution in [0.1, 0.15) is 18.2 Å². The number of hydrogen-bond donors (Lipinski definition) is 0. The zero-order chi connectivity index (χ0) is 12.1. The van der Waals surface area contributed by atoms with E-state index in [1.165, 1.54) is 5.56 Å². The van der Waals surface area contributed by atoms with Crippen molar-refractivity contribution in [3.63, 3.8) is 0 Å². The summed E-state index contributed by atoms with van der Waals surface area (Å²) < 4.78 is 5.77. The topological polar surface area (TPSA) is 22.1 Å². The van der Waals surface area contributed by atoms with Crippen LogP contribution in [0.15, 0.2) is 42.5 Å². The predicted molar refractivity (Wildman–Crippen MR) is 69.7 cm³/mol. The van der Waals surface area contributed by atoms with Gasteiger partial charge >= 0.3 is 0 Å². The second-order valence-corrected chi connectivity index (χ2v) is 3.93. The Bertz CT molecular complexity index is 499. The van der Waals surface area contributed by atoms with Crippen molar-refractivity contribution in [3.05, 3.63) is 53.7 Å². The summed E-state index contributed by atoms with van der Waals surface area (Å²) in [4.78, 5) is 4.31. The number of ether oxygens (including phenoxy) is 1. The maximum Gasteiger partial charge on any atom is 0.219 e. The maximum absolute atomic E-state index is 5.77. The van der Waals surface area contributed by atoms with Crippen molar-refractivity contribution < 1.29 is 4.74 Å². The van der Waals surface area contributed by atoms with Crippen molar-refractivity contribution in [2.24, 2.45) is 0 Å². The predicted octanol–water partition coefficient (Wildman–Crippen LogP) is 4.18. The number of para-hydroxylation sites is 1. The Morgan fingerprint density at radius 3 is 2.71 bits per heavy atom. The molecule has 3 heteroatoms. The summed E-state index contributed by atoms with van der Waals surface area (Å²) in [5, 5.41) is 0. The smallest absolute Gasteiger partial charge is 0.219 e. The number of halogens is 1. The van der Waals surface area contributed by atoms with Gasteiger partial charge in [0.1, 0.15) is 5.75 Å². The van der Waals surface area contributed by atoms with Crippen molar-refractivity contribution in [3.8, 4) is 11.6 Å². The molecule has 0 aliphatic rings. The Hall–Kier alpha value is -1.54. The summed E-state index contributed by atoms with van der Waals surface area (Å²) in [7, 11) is 0. The number of aryl methyl sites for hydroxylation is 1. The average molecular weight is 248 g/mol. The van der Waals surface area contributed by atoms with Crippen LogP contribution in [-0.2, 0) is 12.3 Å². The summed E-state index contributed by atoms with van der Waals surface area (Å²) >= 11 is 5.74. The Kier molecular flexibility index (Phi) is 3.99. The van der Waals surface area contributed by atoms with Crippen molar-refractivity contribution in [2.45, 2.75) is 19.2 Å². The zero-order valence-electron chi connectivity index (χ0n) is 9.69. The first-order valence-corrected chi connectivity index (χ1v) is 6.14. The van der Waals surface area contributed by atoms with Crippen LogP contribution in [0, 0.1) is 0 Å². The van der Waals surface area contributed by atoms with Crippen LogP contribution in [-0.4, -0.2) is 4.98 Å². The van der Waals surface area contributed by atoms with E-state index in [-0.39, 0.29) is 0 Å². The van der Waals surface area contributed by atoms with Gasteiger partial charge in [-0.2, -0.15) is 0 Å². The Labute approximate surface area is 106 Å². The van der Waals surface area contributed by atoms with E-state index in [4.69, 9.17) is 16.3 Å². The lowest BCUT2D eigenvalue weighted by atomic mass is 10.1. The normalized spacial score (nSPS) is 10.2. The summed E-state index contributed by atoms with van der Waals surface area (Å²) in [5.74, 6) is 1.84. The molecule has 0 aliphatic carbocycles. The van der Waals surface area contributed by atoms with Gasteiger partial charge in [0.25, 0.3) is 0 Å². The van der Waals surface area contributed by atoms with Crippen LogP contribution in [0.3, 0.4) is 0 Å². The van der Waals surface area contributed by atoms with E-state index in [2.05, 4.69) is 18.0 Å². The number of alkyl halides is 1. The van der Waals surface area contributed by atoms with Crippen molar-refractivity contribution in [1.82, 2.24) is 4.98 Å². The second-order valence-electron chi connectivity index (χ2n) is 3.66. The van der Waals surface area contributed by atoms with E-state index in [0.717, 1.165) is 17.9 Å². The van der Waals surface area contributed by atoms with Gasteiger partial charge in [-0.25, -0.2) is 4.98 Å². The monoisotopic (exact) mass is 247 g/mol. The van der Waals surface area contributed by atoms with E-state index in [1.807, 2.05) is 36.4 Å². The SMILES string of the molecule is CCc1ccccc1Oc1cccc(CCl)n1. The van der Waals surface area contributed by atoms with Gasteiger partial charge in [0.15, 0.2) is 0 Å². The highest BCUT2D eigenvalue weighted by molar-refractivity contribution is 6.16. The van der Waals surface area contributed by atoms with Gasteiger partial charge in [-0.05, 0) is 24.1 Å². The fourth-order valence-electron chi connectivity index (χ4n) is 1.60. The molecule has 0 saturated carbocycles. The van der Waals surface area contributed by atoms with E-state index < -0.39 is 0 Å². The van der Waals surface area contributed by atoms with Gasteiger partial charge in [0.2, 0.25) is 5.88 Å². The molecule has 1 aromatic carbocycles. The molecule has 0 aliphatic heterocycles. The third-order valence-electron chi connectivity index (χ3n) is 2.49. The molecule has 17 heavy (non-hydrogen) atoms. The van der Waals surface area contributed by atoms with Crippen LogP contribution >= 0.6 is 11.6 Å². The number of benzene rings is 1. The maximum atomic E-state index is 5.77. The van der Waals surface area contributed by atoms with Crippen LogP contribution in [0.4, 0.5) is 0 Å². The largest absolute Gasteiger partial charge is 0.439 e. The molecular weight excluding hydrogens is 234 g/mol. The molecule has 2 rings (SSSR count). The Morgan fingerprint density at radius 1 is 1.12 bits per heavy atom. The summed E-state index contributed by atoms with van der Waals surface area (Å²) in [6.07, 6.45) is 0.936. The van der Waals surface area contributed by atoms with Gasteiger partial charge in [-0.1, -0.05) is 31.2 Å². The summed E-state index contributed by atoms with van der Waals surface area (Å²) in [6.45, 7) is 2.10. The number of hydrogen-bond acceptors (Lipinski definition) is 2. The molecule has 0 bridgehead atoms. The van der Waals surface area contributed by atoms with Gasteiger partial charge in [-0.3, -0.25) is 0 Å². The number of rotatable bonds is 4. The molecular formula is C14H14ClNO. The van der Waals surface area contributed by atoms with Crippen LogP contribution in [0.2, 0.25) is 0 Å². The average Bonchev–Trinajstić information content (AvgIpc) is 2.39.